The zero-order valence-electron chi connectivity index (χ0n) is 14.0. The van der Waals surface area contributed by atoms with Gasteiger partial charge in [0.05, 0.1) is 4.92 Å². The first kappa shape index (κ1) is 17.6. The fraction of sp³-hybridized carbons (Fsp3) is 0.211. The molecular formula is C19H18FN3O3. The predicted octanol–water partition coefficient (Wildman–Crippen LogP) is 3.10. The molecule has 0 saturated carbocycles. The van der Waals surface area contributed by atoms with Crippen LogP contribution in [0.1, 0.15) is 5.56 Å². The third-order valence-electron chi connectivity index (χ3n) is 4.31. The van der Waals surface area contributed by atoms with Gasteiger partial charge in [-0.3, -0.25) is 14.9 Å². The van der Waals surface area contributed by atoms with Gasteiger partial charge in [0.25, 0.3) is 5.69 Å². The van der Waals surface area contributed by atoms with Crippen LogP contribution in [-0.4, -0.2) is 41.9 Å². The Kier molecular flexibility index (Phi) is 5.26. The van der Waals surface area contributed by atoms with E-state index < -0.39 is 4.92 Å². The first-order chi connectivity index (χ1) is 12.5. The van der Waals surface area contributed by atoms with Gasteiger partial charge in [0, 0.05) is 50.1 Å². The van der Waals surface area contributed by atoms with Crippen LogP contribution in [0.2, 0.25) is 0 Å². The molecule has 0 N–H and O–H groups in total. The van der Waals surface area contributed by atoms with Crippen molar-refractivity contribution in [3.05, 3.63) is 76.1 Å². The van der Waals surface area contributed by atoms with Gasteiger partial charge in [0.1, 0.15) is 5.82 Å². The van der Waals surface area contributed by atoms with Gasteiger partial charge in [0.2, 0.25) is 5.91 Å². The maximum absolute atomic E-state index is 13.0. The Balaban J connectivity index is 1.54. The van der Waals surface area contributed by atoms with Crippen LogP contribution in [0.4, 0.5) is 15.8 Å². The molecule has 1 aliphatic rings. The molecule has 1 aliphatic heterocycles. The van der Waals surface area contributed by atoms with E-state index in [0.29, 0.717) is 26.2 Å². The van der Waals surface area contributed by atoms with E-state index in [2.05, 4.69) is 4.90 Å². The monoisotopic (exact) mass is 355 g/mol. The fourth-order valence-corrected chi connectivity index (χ4v) is 2.82. The maximum Gasteiger partial charge on any atom is 0.269 e. The molecule has 2 aromatic rings. The van der Waals surface area contributed by atoms with E-state index in [1.807, 2.05) is 0 Å². The molecule has 26 heavy (non-hydrogen) atoms. The molecule has 1 heterocycles. The standard InChI is InChI=1S/C19H18FN3O3/c20-16-4-8-17(9-5-16)21-11-13-22(14-12-21)19(24)10-3-15-1-6-18(7-2-15)23(25)26/h1-10H,11-14H2. The summed E-state index contributed by atoms with van der Waals surface area (Å²) in [5, 5.41) is 10.6. The van der Waals surface area contributed by atoms with Gasteiger partial charge < -0.3 is 9.80 Å². The lowest BCUT2D eigenvalue weighted by Crippen LogP contribution is -2.48. The molecule has 0 radical (unpaired) electrons. The number of benzene rings is 2. The number of nitro groups is 1. The SMILES string of the molecule is O=C(C=Cc1ccc([N+](=O)[O-])cc1)N1CCN(c2ccc(F)cc2)CC1. The zero-order valence-corrected chi connectivity index (χ0v) is 14.0. The lowest BCUT2D eigenvalue weighted by Gasteiger charge is -2.35. The molecule has 0 aliphatic carbocycles. The number of amides is 1. The van der Waals surface area contributed by atoms with Crippen LogP contribution in [0, 0.1) is 15.9 Å². The van der Waals surface area contributed by atoms with Gasteiger partial charge in [-0.05, 0) is 48.0 Å². The van der Waals surface area contributed by atoms with Gasteiger partial charge in [-0.25, -0.2) is 4.39 Å². The minimum Gasteiger partial charge on any atom is -0.368 e. The van der Waals surface area contributed by atoms with Crippen LogP contribution >= 0.6 is 0 Å². The van der Waals surface area contributed by atoms with Crippen molar-refractivity contribution in [1.29, 1.82) is 0 Å². The Hall–Kier alpha value is -3.22. The highest BCUT2D eigenvalue weighted by atomic mass is 19.1. The van der Waals surface area contributed by atoms with Gasteiger partial charge >= 0.3 is 0 Å². The Bertz CT molecular complexity index is 811. The molecule has 3 rings (SSSR count). The Morgan fingerprint density at radius 1 is 1.00 bits per heavy atom. The number of carbonyl (C=O) groups excluding carboxylic acids is 1. The Morgan fingerprint density at radius 3 is 2.19 bits per heavy atom. The van der Waals surface area contributed by atoms with Crippen molar-refractivity contribution in [1.82, 2.24) is 4.90 Å². The van der Waals surface area contributed by atoms with Crippen LogP contribution in [0.25, 0.3) is 6.08 Å². The number of nitrogens with zero attached hydrogens (tertiary/aromatic N) is 3. The number of halogens is 1. The number of non-ortho nitro benzene ring substituents is 1. The van der Waals surface area contributed by atoms with Crippen LogP contribution < -0.4 is 4.90 Å². The highest BCUT2D eigenvalue weighted by Gasteiger charge is 2.19. The van der Waals surface area contributed by atoms with Crippen molar-refractivity contribution in [2.45, 2.75) is 0 Å². The summed E-state index contributed by atoms with van der Waals surface area (Å²) in [6.07, 6.45) is 3.13. The molecule has 1 saturated heterocycles. The third kappa shape index (κ3) is 4.24. The number of piperazine rings is 1. The van der Waals surface area contributed by atoms with E-state index in [-0.39, 0.29) is 17.4 Å². The minimum atomic E-state index is -0.459. The third-order valence-corrected chi connectivity index (χ3v) is 4.31. The molecule has 0 aromatic heterocycles. The van der Waals surface area contributed by atoms with Crippen molar-refractivity contribution in [2.24, 2.45) is 0 Å². The van der Waals surface area contributed by atoms with E-state index in [9.17, 15) is 19.3 Å². The average molecular weight is 355 g/mol. The average Bonchev–Trinajstić information content (AvgIpc) is 2.67. The highest BCUT2D eigenvalue weighted by Crippen LogP contribution is 2.17. The second-order valence-corrected chi connectivity index (χ2v) is 5.97. The van der Waals surface area contributed by atoms with Crippen LogP contribution in [0.5, 0.6) is 0 Å². The maximum atomic E-state index is 13.0. The van der Waals surface area contributed by atoms with Crippen LogP contribution in [-0.2, 0) is 4.79 Å². The number of carbonyl (C=O) groups is 1. The quantitative estimate of drug-likeness (QED) is 0.480. The van der Waals surface area contributed by atoms with E-state index in [1.165, 1.54) is 30.3 Å². The molecule has 2 aromatic carbocycles. The molecule has 1 amide bonds. The van der Waals surface area contributed by atoms with Gasteiger partial charge in [0.15, 0.2) is 0 Å². The summed E-state index contributed by atoms with van der Waals surface area (Å²) in [7, 11) is 0. The number of hydrogen-bond acceptors (Lipinski definition) is 4. The highest BCUT2D eigenvalue weighted by molar-refractivity contribution is 5.92. The van der Waals surface area contributed by atoms with Crippen LogP contribution in [0.3, 0.4) is 0 Å². The van der Waals surface area contributed by atoms with E-state index in [4.69, 9.17) is 0 Å². The minimum absolute atomic E-state index is 0.0189. The Labute approximate surface area is 150 Å². The van der Waals surface area contributed by atoms with Crippen molar-refractivity contribution in [2.75, 3.05) is 31.1 Å². The first-order valence-electron chi connectivity index (χ1n) is 8.25. The van der Waals surface area contributed by atoms with Crippen molar-refractivity contribution >= 4 is 23.4 Å². The largest absolute Gasteiger partial charge is 0.368 e. The van der Waals surface area contributed by atoms with E-state index in [0.717, 1.165) is 11.3 Å². The van der Waals surface area contributed by atoms with E-state index >= 15 is 0 Å². The summed E-state index contributed by atoms with van der Waals surface area (Å²) in [5.41, 5.74) is 1.69. The predicted molar refractivity (Wildman–Crippen MR) is 97.3 cm³/mol. The fourth-order valence-electron chi connectivity index (χ4n) is 2.82. The Morgan fingerprint density at radius 2 is 1.62 bits per heavy atom. The summed E-state index contributed by atoms with van der Waals surface area (Å²) in [6.45, 7) is 2.53. The first-order valence-corrected chi connectivity index (χ1v) is 8.25. The van der Waals surface area contributed by atoms with Crippen LogP contribution in [0.15, 0.2) is 54.6 Å². The molecule has 0 unspecified atom stereocenters. The lowest BCUT2D eigenvalue weighted by molar-refractivity contribution is -0.384. The number of anilines is 1. The second kappa shape index (κ2) is 7.77. The molecule has 134 valence electrons. The molecular weight excluding hydrogens is 337 g/mol. The molecule has 7 heteroatoms. The smallest absolute Gasteiger partial charge is 0.269 e. The number of rotatable bonds is 4. The number of nitro benzene ring substituents is 1. The lowest BCUT2D eigenvalue weighted by atomic mass is 10.2. The summed E-state index contributed by atoms with van der Waals surface area (Å²) in [4.78, 5) is 26.3. The zero-order chi connectivity index (χ0) is 18.5. The van der Waals surface area contributed by atoms with Gasteiger partial charge in [-0.15, -0.1) is 0 Å². The molecule has 6 nitrogen and oxygen atoms in total. The molecule has 1 fully saturated rings. The number of hydrogen-bond donors (Lipinski definition) is 0. The van der Waals surface area contributed by atoms with Crippen molar-refractivity contribution in [3.63, 3.8) is 0 Å². The normalized spacial score (nSPS) is 14.7. The molecule has 0 spiro atoms. The second-order valence-electron chi connectivity index (χ2n) is 5.97. The van der Waals surface area contributed by atoms with Crippen molar-refractivity contribution < 1.29 is 14.1 Å². The molecule has 0 atom stereocenters. The van der Waals surface area contributed by atoms with E-state index in [1.54, 1.807) is 35.2 Å². The topological polar surface area (TPSA) is 66.7 Å². The summed E-state index contributed by atoms with van der Waals surface area (Å²) < 4.78 is 13.0. The summed E-state index contributed by atoms with van der Waals surface area (Å²) in [5.74, 6) is -0.360. The summed E-state index contributed by atoms with van der Waals surface area (Å²) >= 11 is 0. The molecule has 0 bridgehead atoms. The summed E-state index contributed by atoms with van der Waals surface area (Å²) in [6, 6.07) is 12.4. The van der Waals surface area contributed by atoms with Crippen molar-refractivity contribution in [3.8, 4) is 0 Å². The van der Waals surface area contributed by atoms with Gasteiger partial charge in [-0.1, -0.05) is 0 Å². The van der Waals surface area contributed by atoms with Gasteiger partial charge in [-0.2, -0.15) is 0 Å².